The molecule has 3 heterocycles. The number of nitrogens with one attached hydrogen (secondary N) is 3. The van der Waals surface area contributed by atoms with Crippen molar-refractivity contribution < 1.29 is 28.4 Å². The number of aromatic nitrogens is 6. The van der Waals surface area contributed by atoms with Gasteiger partial charge in [-0.25, -0.2) is 15.3 Å². The number of ether oxygens (including phenoxy) is 6. The molecule has 3 rings (SSSR count). The van der Waals surface area contributed by atoms with Gasteiger partial charge in [-0.05, 0) is 0 Å². The zero-order valence-electron chi connectivity index (χ0n) is 16.4. The van der Waals surface area contributed by atoms with Gasteiger partial charge in [0.15, 0.2) is 0 Å². The zero-order chi connectivity index (χ0) is 20.3. The first-order chi connectivity index (χ1) is 13.6. The summed E-state index contributed by atoms with van der Waals surface area (Å²) < 4.78 is 32.8. The van der Waals surface area contributed by atoms with E-state index < -0.39 is 5.92 Å². The molecule has 0 fully saturated rings. The molecular weight excluding hydrogens is 372 g/mol. The number of hydrogen-bond donors (Lipinski definition) is 3. The quantitative estimate of drug-likeness (QED) is 0.486. The van der Waals surface area contributed by atoms with Gasteiger partial charge in [0.1, 0.15) is 0 Å². The van der Waals surface area contributed by atoms with Gasteiger partial charge in [-0.3, -0.25) is 0 Å². The minimum absolute atomic E-state index is 0.303. The van der Waals surface area contributed by atoms with Crippen LogP contribution in [0.25, 0.3) is 0 Å². The van der Waals surface area contributed by atoms with Crippen LogP contribution in [-0.4, -0.2) is 73.3 Å². The fraction of sp³-hybridized carbons (Fsp3) is 0.438. The first-order valence-corrected chi connectivity index (χ1v) is 8.13. The van der Waals surface area contributed by atoms with E-state index in [1.54, 1.807) is 0 Å². The van der Waals surface area contributed by atoms with Crippen molar-refractivity contribution in [2.24, 2.45) is 0 Å². The largest absolute Gasteiger partial charge is 0.481 e. The highest BCUT2D eigenvalue weighted by Gasteiger charge is 2.39. The van der Waals surface area contributed by atoms with E-state index in [0.717, 1.165) is 0 Å². The number of methoxy groups -OCH3 is 6. The smallest absolute Gasteiger partial charge is 0.240 e. The molecule has 0 saturated carbocycles. The van der Waals surface area contributed by atoms with Gasteiger partial charge in [0, 0.05) is 0 Å². The Kier molecular flexibility index (Phi) is 5.47. The lowest BCUT2D eigenvalue weighted by molar-refractivity contribution is 0.364. The van der Waals surface area contributed by atoms with E-state index in [1.807, 2.05) is 0 Å². The normalized spacial score (nSPS) is 10.8. The van der Waals surface area contributed by atoms with Gasteiger partial charge in [0.05, 0.1) is 65.3 Å². The minimum atomic E-state index is -0.643. The van der Waals surface area contributed by atoms with E-state index in [9.17, 15) is 0 Å². The average molecular weight is 394 g/mol. The van der Waals surface area contributed by atoms with Crippen molar-refractivity contribution in [3.63, 3.8) is 0 Å². The third kappa shape index (κ3) is 2.92. The average Bonchev–Trinajstić information content (AvgIpc) is 3.44. The monoisotopic (exact) mass is 394 g/mol. The standard InChI is InChI=1S/C16H22N6O6/c1-23-11-8(12(24-2)18-17-11)7(9-13(25-3)19-20-14(9)26-4)10-15(27-5)21-22-16(10)28-6/h7H,1-6H3,(H,17,18)(H,19,20)(H,21,22). The van der Waals surface area contributed by atoms with Gasteiger partial charge in [-0.15, -0.1) is 15.3 Å². The van der Waals surface area contributed by atoms with Crippen LogP contribution in [0.5, 0.6) is 35.3 Å². The molecule has 0 spiro atoms. The highest BCUT2D eigenvalue weighted by atomic mass is 16.5. The second kappa shape index (κ2) is 7.98. The molecule has 3 N–H and O–H groups in total. The van der Waals surface area contributed by atoms with Crippen molar-refractivity contribution in [1.82, 2.24) is 30.6 Å². The number of hydrogen-bond acceptors (Lipinski definition) is 9. The Morgan fingerprint density at radius 1 is 0.500 bits per heavy atom. The fourth-order valence-corrected chi connectivity index (χ4v) is 3.09. The van der Waals surface area contributed by atoms with Crippen molar-refractivity contribution in [2.45, 2.75) is 5.92 Å². The predicted molar refractivity (Wildman–Crippen MR) is 96.0 cm³/mol. The SMILES string of the molecule is COc1n[nH]c(OC)c1C(c1c(OC)n[nH]c1OC)c1c(OC)n[nH]c1OC. The van der Waals surface area contributed by atoms with E-state index in [4.69, 9.17) is 28.4 Å². The molecular formula is C16H22N6O6. The lowest BCUT2D eigenvalue weighted by Crippen LogP contribution is -2.10. The van der Waals surface area contributed by atoms with Gasteiger partial charge in [-0.2, -0.15) is 0 Å². The second-order valence-electron chi connectivity index (χ2n) is 5.47. The molecule has 3 aromatic heterocycles. The predicted octanol–water partition coefficient (Wildman–Crippen LogP) is 1.09. The molecule has 152 valence electrons. The lowest BCUT2D eigenvalue weighted by atomic mass is 9.88. The minimum Gasteiger partial charge on any atom is -0.481 e. The van der Waals surface area contributed by atoms with Gasteiger partial charge >= 0.3 is 0 Å². The van der Waals surface area contributed by atoms with Crippen molar-refractivity contribution in [2.75, 3.05) is 42.7 Å². The van der Waals surface area contributed by atoms with Crippen LogP contribution in [0.4, 0.5) is 0 Å². The topological polar surface area (TPSA) is 141 Å². The summed E-state index contributed by atoms with van der Waals surface area (Å²) in [5, 5.41) is 20.9. The Morgan fingerprint density at radius 3 is 1.00 bits per heavy atom. The molecule has 12 nitrogen and oxygen atoms in total. The Balaban J connectivity index is 2.39. The van der Waals surface area contributed by atoms with Crippen molar-refractivity contribution in [1.29, 1.82) is 0 Å². The summed E-state index contributed by atoms with van der Waals surface area (Å²) in [4.78, 5) is 0. The maximum atomic E-state index is 5.48. The summed E-state index contributed by atoms with van der Waals surface area (Å²) >= 11 is 0. The molecule has 3 aromatic rings. The Labute approximate surface area is 160 Å². The lowest BCUT2D eigenvalue weighted by Gasteiger charge is -2.19. The first kappa shape index (κ1) is 19.2. The summed E-state index contributed by atoms with van der Waals surface area (Å²) in [6, 6.07) is 0. The first-order valence-electron chi connectivity index (χ1n) is 8.13. The van der Waals surface area contributed by atoms with Crippen molar-refractivity contribution in [3.8, 4) is 35.3 Å². The summed E-state index contributed by atoms with van der Waals surface area (Å²) in [5.74, 6) is 1.38. The van der Waals surface area contributed by atoms with Crippen LogP contribution < -0.4 is 28.4 Å². The fourth-order valence-electron chi connectivity index (χ4n) is 3.09. The van der Waals surface area contributed by atoms with Gasteiger partial charge < -0.3 is 28.4 Å². The van der Waals surface area contributed by atoms with E-state index in [0.29, 0.717) is 52.0 Å². The molecule has 0 saturated heterocycles. The summed E-state index contributed by atoms with van der Waals surface area (Å²) in [5.41, 5.74) is 1.67. The highest BCUT2D eigenvalue weighted by molar-refractivity contribution is 5.60. The molecule has 0 bridgehead atoms. The van der Waals surface area contributed by atoms with Crippen LogP contribution in [-0.2, 0) is 0 Å². The third-order valence-electron chi connectivity index (χ3n) is 4.26. The second-order valence-corrected chi connectivity index (χ2v) is 5.47. The van der Waals surface area contributed by atoms with Crippen LogP contribution in [0, 0.1) is 0 Å². The van der Waals surface area contributed by atoms with Gasteiger partial charge in [-0.1, -0.05) is 0 Å². The van der Waals surface area contributed by atoms with E-state index >= 15 is 0 Å². The molecule has 0 amide bonds. The molecule has 0 radical (unpaired) electrons. The zero-order valence-corrected chi connectivity index (χ0v) is 16.4. The Bertz CT molecular complexity index is 748. The number of nitrogens with zero attached hydrogens (tertiary/aromatic N) is 3. The number of rotatable bonds is 9. The Hall–Kier alpha value is -3.57. The maximum Gasteiger partial charge on any atom is 0.240 e. The van der Waals surface area contributed by atoms with E-state index in [1.165, 1.54) is 42.7 Å². The molecule has 0 unspecified atom stereocenters. The molecule has 0 aliphatic carbocycles. The van der Waals surface area contributed by atoms with Crippen LogP contribution in [0.3, 0.4) is 0 Å². The Morgan fingerprint density at radius 2 is 0.786 bits per heavy atom. The molecule has 0 aliphatic heterocycles. The summed E-state index contributed by atoms with van der Waals surface area (Å²) in [6.45, 7) is 0. The number of H-pyrrole nitrogens is 3. The maximum absolute atomic E-state index is 5.48. The van der Waals surface area contributed by atoms with E-state index in [-0.39, 0.29) is 0 Å². The molecule has 0 aromatic carbocycles. The van der Waals surface area contributed by atoms with Crippen LogP contribution >= 0.6 is 0 Å². The highest BCUT2D eigenvalue weighted by Crippen LogP contribution is 2.51. The van der Waals surface area contributed by atoms with E-state index in [2.05, 4.69) is 30.6 Å². The van der Waals surface area contributed by atoms with Gasteiger partial charge in [0.2, 0.25) is 35.3 Å². The van der Waals surface area contributed by atoms with Crippen molar-refractivity contribution >= 4 is 0 Å². The van der Waals surface area contributed by atoms with Crippen LogP contribution in [0.1, 0.15) is 22.6 Å². The summed E-state index contributed by atoms with van der Waals surface area (Å²) in [7, 11) is 9.06. The third-order valence-corrected chi connectivity index (χ3v) is 4.26. The summed E-state index contributed by atoms with van der Waals surface area (Å²) in [6.07, 6.45) is 0. The van der Waals surface area contributed by atoms with Gasteiger partial charge in [0.25, 0.3) is 0 Å². The van der Waals surface area contributed by atoms with Crippen molar-refractivity contribution in [3.05, 3.63) is 16.7 Å². The molecule has 0 atom stereocenters. The van der Waals surface area contributed by atoms with Crippen LogP contribution in [0.2, 0.25) is 0 Å². The molecule has 28 heavy (non-hydrogen) atoms. The number of aromatic amines is 3. The molecule has 0 aliphatic rings. The van der Waals surface area contributed by atoms with Crippen LogP contribution in [0.15, 0.2) is 0 Å². The molecule has 12 heteroatoms.